The van der Waals surface area contributed by atoms with Gasteiger partial charge in [0.25, 0.3) is 0 Å². The largest absolute Gasteiger partial charge is 0.454 e. The van der Waals surface area contributed by atoms with E-state index in [0.29, 0.717) is 5.75 Å². The smallest absolute Gasteiger partial charge is 0.247 e. The van der Waals surface area contributed by atoms with E-state index in [9.17, 15) is 9.18 Å². The maximum Gasteiger partial charge on any atom is 0.247 e. The molecule has 0 aromatic heterocycles. The Morgan fingerprint density at radius 1 is 1.53 bits per heavy atom. The third kappa shape index (κ3) is 1.63. The van der Waals surface area contributed by atoms with E-state index in [-0.39, 0.29) is 18.2 Å². The molecule has 1 aliphatic heterocycles. The van der Waals surface area contributed by atoms with Crippen molar-refractivity contribution in [3.8, 4) is 11.5 Å². The predicted molar refractivity (Wildman–Crippen MR) is 51.3 cm³/mol. The zero-order chi connectivity index (χ0) is 10.8. The Labute approximate surface area is 85.3 Å². The molecule has 78 valence electrons. The van der Waals surface area contributed by atoms with Crippen LogP contribution in [0.3, 0.4) is 0 Å². The van der Waals surface area contributed by atoms with Crippen molar-refractivity contribution in [2.75, 3.05) is 12.1 Å². The number of rotatable bonds is 2. The molecule has 1 N–H and O–H groups in total. The quantitative estimate of drug-likeness (QED) is 0.754. The molecule has 1 aromatic rings. The van der Waals surface area contributed by atoms with Crippen molar-refractivity contribution in [2.45, 2.75) is 0 Å². The number of ether oxygens (including phenoxy) is 2. The van der Waals surface area contributed by atoms with E-state index in [4.69, 9.17) is 9.47 Å². The Balaban J connectivity index is 2.41. The Morgan fingerprint density at radius 3 is 3.07 bits per heavy atom. The molecule has 0 atom stereocenters. The standard InChI is InChI=1S/C10H8FNO3/c1-2-8(13)12-9-6(11)3-4-7-10(9)15-5-14-7/h2-4H,1,5H2,(H,12,13). The molecule has 1 heterocycles. The lowest BCUT2D eigenvalue weighted by molar-refractivity contribution is -0.111. The first-order chi connectivity index (χ1) is 7.22. The van der Waals surface area contributed by atoms with Crippen molar-refractivity contribution in [3.63, 3.8) is 0 Å². The molecule has 0 bridgehead atoms. The minimum Gasteiger partial charge on any atom is -0.454 e. The van der Waals surface area contributed by atoms with E-state index < -0.39 is 11.7 Å². The van der Waals surface area contributed by atoms with Crippen LogP contribution in [0, 0.1) is 5.82 Å². The van der Waals surface area contributed by atoms with Gasteiger partial charge in [-0.2, -0.15) is 0 Å². The third-order valence-electron chi connectivity index (χ3n) is 1.92. The van der Waals surface area contributed by atoms with E-state index in [1.165, 1.54) is 12.1 Å². The summed E-state index contributed by atoms with van der Waals surface area (Å²) >= 11 is 0. The molecular weight excluding hydrogens is 201 g/mol. The Hall–Kier alpha value is -2.04. The summed E-state index contributed by atoms with van der Waals surface area (Å²) in [4.78, 5) is 11.0. The molecule has 0 radical (unpaired) electrons. The van der Waals surface area contributed by atoms with Gasteiger partial charge in [-0.3, -0.25) is 4.79 Å². The summed E-state index contributed by atoms with van der Waals surface area (Å²) in [5.41, 5.74) is -0.0186. The Kier molecular flexibility index (Phi) is 2.29. The zero-order valence-corrected chi connectivity index (χ0v) is 7.75. The number of nitrogens with one attached hydrogen (secondary N) is 1. The second-order valence-corrected chi connectivity index (χ2v) is 2.85. The molecule has 0 fully saturated rings. The molecule has 15 heavy (non-hydrogen) atoms. The highest BCUT2D eigenvalue weighted by Crippen LogP contribution is 2.40. The lowest BCUT2D eigenvalue weighted by atomic mass is 10.2. The van der Waals surface area contributed by atoms with Crippen molar-refractivity contribution in [1.82, 2.24) is 0 Å². The minimum absolute atomic E-state index is 0.0186. The van der Waals surface area contributed by atoms with Gasteiger partial charge in [-0.15, -0.1) is 0 Å². The fraction of sp³-hybridized carbons (Fsp3) is 0.100. The van der Waals surface area contributed by atoms with E-state index in [0.717, 1.165) is 6.08 Å². The SMILES string of the molecule is C=CC(=O)Nc1c(F)ccc2c1OCO2. The van der Waals surface area contributed by atoms with Crippen molar-refractivity contribution in [1.29, 1.82) is 0 Å². The van der Waals surface area contributed by atoms with Crippen molar-refractivity contribution < 1.29 is 18.7 Å². The van der Waals surface area contributed by atoms with Crippen LogP contribution in [0.4, 0.5) is 10.1 Å². The monoisotopic (exact) mass is 209 g/mol. The van der Waals surface area contributed by atoms with Crippen molar-refractivity contribution in [3.05, 3.63) is 30.6 Å². The molecule has 0 unspecified atom stereocenters. The summed E-state index contributed by atoms with van der Waals surface area (Å²) < 4.78 is 23.4. The molecule has 0 aliphatic carbocycles. The van der Waals surface area contributed by atoms with Gasteiger partial charge in [-0.05, 0) is 18.2 Å². The third-order valence-corrected chi connectivity index (χ3v) is 1.92. The first-order valence-electron chi connectivity index (χ1n) is 4.24. The fourth-order valence-electron chi connectivity index (χ4n) is 1.24. The van der Waals surface area contributed by atoms with Gasteiger partial charge in [0.15, 0.2) is 17.3 Å². The molecule has 5 heteroatoms. The van der Waals surface area contributed by atoms with Gasteiger partial charge in [0.2, 0.25) is 12.7 Å². The second kappa shape index (κ2) is 3.61. The van der Waals surface area contributed by atoms with Crippen LogP contribution in [0.1, 0.15) is 0 Å². The van der Waals surface area contributed by atoms with E-state index in [1.54, 1.807) is 0 Å². The molecule has 0 spiro atoms. The summed E-state index contributed by atoms with van der Waals surface area (Å²) in [6.07, 6.45) is 1.05. The highest BCUT2D eigenvalue weighted by Gasteiger charge is 2.21. The van der Waals surface area contributed by atoms with Crippen molar-refractivity contribution in [2.24, 2.45) is 0 Å². The molecule has 2 rings (SSSR count). The van der Waals surface area contributed by atoms with Crippen LogP contribution in [-0.2, 0) is 4.79 Å². The van der Waals surface area contributed by atoms with Crippen LogP contribution in [0.2, 0.25) is 0 Å². The molecule has 0 saturated carbocycles. The first kappa shape index (κ1) is 9.51. The first-order valence-corrected chi connectivity index (χ1v) is 4.24. The van der Waals surface area contributed by atoms with E-state index >= 15 is 0 Å². The van der Waals surface area contributed by atoms with Gasteiger partial charge in [0, 0.05) is 0 Å². The van der Waals surface area contributed by atoms with Gasteiger partial charge in [-0.1, -0.05) is 6.58 Å². The lowest BCUT2D eigenvalue weighted by Gasteiger charge is -2.06. The Bertz CT molecular complexity index is 431. The summed E-state index contributed by atoms with van der Waals surface area (Å²) in [6.45, 7) is 3.30. The molecule has 4 nitrogen and oxygen atoms in total. The minimum atomic E-state index is -0.575. The van der Waals surface area contributed by atoms with Gasteiger partial charge in [0.05, 0.1) is 0 Å². The maximum absolute atomic E-state index is 13.4. The number of carbonyl (C=O) groups is 1. The van der Waals surface area contributed by atoms with E-state index in [2.05, 4.69) is 11.9 Å². The van der Waals surface area contributed by atoms with Crippen molar-refractivity contribution >= 4 is 11.6 Å². The number of fused-ring (bicyclic) bond motifs is 1. The number of hydrogen-bond acceptors (Lipinski definition) is 3. The van der Waals surface area contributed by atoms with Crippen LogP contribution in [0.15, 0.2) is 24.8 Å². The highest BCUT2D eigenvalue weighted by atomic mass is 19.1. The highest BCUT2D eigenvalue weighted by molar-refractivity contribution is 6.00. The number of benzene rings is 1. The summed E-state index contributed by atoms with van der Waals surface area (Å²) in [6, 6.07) is 2.65. The number of anilines is 1. The molecule has 1 amide bonds. The topological polar surface area (TPSA) is 47.6 Å². The zero-order valence-electron chi connectivity index (χ0n) is 7.75. The molecule has 0 saturated heterocycles. The van der Waals surface area contributed by atoms with Crippen LogP contribution in [0.5, 0.6) is 11.5 Å². The summed E-state index contributed by atoms with van der Waals surface area (Å²) in [5.74, 6) is -0.451. The summed E-state index contributed by atoms with van der Waals surface area (Å²) in [7, 11) is 0. The molecule has 1 aliphatic rings. The van der Waals surface area contributed by atoms with Crippen LogP contribution >= 0.6 is 0 Å². The number of halogens is 1. The van der Waals surface area contributed by atoms with Gasteiger partial charge >= 0.3 is 0 Å². The van der Waals surface area contributed by atoms with Crippen LogP contribution in [-0.4, -0.2) is 12.7 Å². The van der Waals surface area contributed by atoms with Gasteiger partial charge in [0.1, 0.15) is 5.69 Å². The predicted octanol–water partition coefficient (Wildman–Crippen LogP) is 1.68. The average Bonchev–Trinajstić information content (AvgIpc) is 2.70. The Morgan fingerprint density at radius 2 is 2.33 bits per heavy atom. The average molecular weight is 209 g/mol. The van der Waals surface area contributed by atoms with Crippen LogP contribution < -0.4 is 14.8 Å². The normalized spacial score (nSPS) is 12.3. The van der Waals surface area contributed by atoms with Gasteiger partial charge < -0.3 is 14.8 Å². The summed E-state index contributed by atoms with van der Waals surface area (Å²) in [5, 5.41) is 2.32. The van der Waals surface area contributed by atoms with Gasteiger partial charge in [-0.25, -0.2) is 4.39 Å². The number of carbonyl (C=O) groups excluding carboxylic acids is 1. The lowest BCUT2D eigenvalue weighted by Crippen LogP contribution is -2.09. The number of amides is 1. The van der Waals surface area contributed by atoms with E-state index in [1.807, 2.05) is 0 Å². The van der Waals surface area contributed by atoms with Crippen LogP contribution in [0.25, 0.3) is 0 Å². The fourth-order valence-corrected chi connectivity index (χ4v) is 1.24. The molecular formula is C10H8FNO3. The number of hydrogen-bond donors (Lipinski definition) is 1. The molecule has 1 aromatic carbocycles. The second-order valence-electron chi connectivity index (χ2n) is 2.85. The maximum atomic E-state index is 13.4.